The van der Waals surface area contributed by atoms with E-state index in [0.717, 1.165) is 12.0 Å². The molecular weight excluding hydrogens is 344 g/mol. The zero-order chi connectivity index (χ0) is 19.4. The lowest BCUT2D eigenvalue weighted by atomic mass is 9.87. The van der Waals surface area contributed by atoms with Crippen molar-refractivity contribution in [3.8, 4) is 5.75 Å². The summed E-state index contributed by atoms with van der Waals surface area (Å²) in [5, 5.41) is 4.31. The maximum atomic E-state index is 13.0. The van der Waals surface area contributed by atoms with Crippen LogP contribution in [0.5, 0.6) is 5.75 Å². The number of hydrogen-bond donors (Lipinski definition) is 0. The maximum absolute atomic E-state index is 13.0. The van der Waals surface area contributed by atoms with Crippen molar-refractivity contribution >= 4 is 11.8 Å². The Morgan fingerprint density at radius 2 is 2.04 bits per heavy atom. The van der Waals surface area contributed by atoms with Gasteiger partial charge in [0.15, 0.2) is 12.1 Å². The van der Waals surface area contributed by atoms with Gasteiger partial charge in [-0.05, 0) is 37.5 Å². The lowest BCUT2D eigenvalue weighted by Crippen LogP contribution is -2.59. The second-order valence-electron chi connectivity index (χ2n) is 7.15. The Morgan fingerprint density at radius 1 is 1.26 bits per heavy atom. The van der Waals surface area contributed by atoms with Gasteiger partial charge < -0.3 is 14.5 Å². The van der Waals surface area contributed by atoms with Gasteiger partial charge in [0.2, 0.25) is 0 Å². The van der Waals surface area contributed by atoms with Crippen LogP contribution in [0.25, 0.3) is 0 Å². The highest BCUT2D eigenvalue weighted by molar-refractivity contribution is 5.86. The molecule has 1 aromatic heterocycles. The van der Waals surface area contributed by atoms with Crippen LogP contribution in [0.15, 0.2) is 42.7 Å². The molecule has 7 heteroatoms. The number of likely N-dealkylation sites (N-methyl/N-ethyl adjacent to an activating group) is 1. The highest BCUT2D eigenvalue weighted by atomic mass is 16.5. The van der Waals surface area contributed by atoms with Crippen molar-refractivity contribution < 1.29 is 14.3 Å². The first-order valence-electron chi connectivity index (χ1n) is 9.12. The lowest BCUT2D eigenvalue weighted by Gasteiger charge is -2.42. The average molecular weight is 370 g/mol. The number of aryl methyl sites for hydroxylation is 1. The van der Waals surface area contributed by atoms with Crippen LogP contribution in [0.1, 0.15) is 18.4 Å². The molecule has 0 bridgehead atoms. The zero-order valence-corrected chi connectivity index (χ0v) is 16.1. The van der Waals surface area contributed by atoms with Crippen molar-refractivity contribution in [2.45, 2.75) is 25.3 Å². The lowest BCUT2D eigenvalue weighted by molar-refractivity contribution is -0.147. The van der Waals surface area contributed by atoms with E-state index in [-0.39, 0.29) is 18.4 Å². The maximum Gasteiger partial charge on any atom is 0.260 e. The van der Waals surface area contributed by atoms with E-state index in [1.54, 1.807) is 47.0 Å². The van der Waals surface area contributed by atoms with Crippen LogP contribution in [-0.2, 0) is 15.1 Å². The molecule has 0 N–H and O–H groups in total. The van der Waals surface area contributed by atoms with Crippen LogP contribution in [0, 0.1) is 6.92 Å². The van der Waals surface area contributed by atoms with Gasteiger partial charge >= 0.3 is 0 Å². The highest BCUT2D eigenvalue weighted by Gasteiger charge is 2.46. The second-order valence-corrected chi connectivity index (χ2v) is 7.15. The molecule has 0 aliphatic carbocycles. The average Bonchev–Trinajstić information content (AvgIpc) is 3.22. The van der Waals surface area contributed by atoms with Gasteiger partial charge in [-0.3, -0.25) is 14.3 Å². The largest absolute Gasteiger partial charge is 0.484 e. The summed E-state index contributed by atoms with van der Waals surface area (Å²) in [6.07, 6.45) is 4.83. The van der Waals surface area contributed by atoms with Crippen molar-refractivity contribution in [1.82, 2.24) is 19.6 Å². The number of nitrogens with zero attached hydrogens (tertiary/aromatic N) is 4. The molecule has 1 atom stereocenters. The van der Waals surface area contributed by atoms with E-state index in [2.05, 4.69) is 5.10 Å². The number of carbonyl (C=O) groups is 2. The number of carbonyl (C=O) groups excluding carboxylic acids is 2. The molecule has 1 aliphatic heterocycles. The molecule has 1 saturated heterocycles. The van der Waals surface area contributed by atoms with Gasteiger partial charge in [0.05, 0.1) is 6.54 Å². The number of ether oxygens (including phenoxy) is 1. The summed E-state index contributed by atoms with van der Waals surface area (Å²) in [5.41, 5.74) is 0.112. The number of hydrogen-bond acceptors (Lipinski definition) is 4. The van der Waals surface area contributed by atoms with E-state index < -0.39 is 5.54 Å². The number of para-hydroxylation sites is 1. The molecule has 0 spiro atoms. The Morgan fingerprint density at radius 3 is 2.70 bits per heavy atom. The minimum Gasteiger partial charge on any atom is -0.484 e. The minimum absolute atomic E-state index is 0.0454. The fourth-order valence-corrected chi connectivity index (χ4v) is 3.60. The molecule has 1 fully saturated rings. The van der Waals surface area contributed by atoms with Gasteiger partial charge in [-0.1, -0.05) is 18.2 Å². The van der Waals surface area contributed by atoms with Crippen molar-refractivity contribution in [3.05, 3.63) is 48.3 Å². The summed E-state index contributed by atoms with van der Waals surface area (Å²) in [6.45, 7) is 2.80. The van der Waals surface area contributed by atoms with E-state index >= 15 is 0 Å². The Balaban J connectivity index is 1.76. The van der Waals surface area contributed by atoms with Crippen molar-refractivity contribution in [2.24, 2.45) is 0 Å². The van der Waals surface area contributed by atoms with E-state index in [1.165, 1.54) is 0 Å². The van der Waals surface area contributed by atoms with Crippen LogP contribution in [-0.4, -0.2) is 65.2 Å². The predicted octanol–water partition coefficient (Wildman–Crippen LogP) is 1.68. The molecule has 27 heavy (non-hydrogen) atoms. The smallest absolute Gasteiger partial charge is 0.260 e. The fraction of sp³-hybridized carbons (Fsp3) is 0.450. The van der Waals surface area contributed by atoms with Gasteiger partial charge in [0, 0.05) is 33.0 Å². The number of aromatic nitrogens is 2. The third-order valence-corrected chi connectivity index (χ3v) is 5.02. The number of piperidine rings is 1. The predicted molar refractivity (Wildman–Crippen MR) is 101 cm³/mol. The van der Waals surface area contributed by atoms with E-state index in [1.807, 2.05) is 31.2 Å². The summed E-state index contributed by atoms with van der Waals surface area (Å²) in [4.78, 5) is 29.1. The van der Waals surface area contributed by atoms with Gasteiger partial charge in [-0.15, -0.1) is 0 Å². The third kappa shape index (κ3) is 3.82. The topological polar surface area (TPSA) is 67.7 Å². The van der Waals surface area contributed by atoms with Crippen LogP contribution >= 0.6 is 0 Å². The molecule has 0 saturated carbocycles. The van der Waals surface area contributed by atoms with Crippen LogP contribution < -0.4 is 4.74 Å². The molecule has 2 amide bonds. The van der Waals surface area contributed by atoms with Gasteiger partial charge in [-0.25, -0.2) is 0 Å². The Labute approximate surface area is 159 Å². The summed E-state index contributed by atoms with van der Waals surface area (Å²) >= 11 is 0. The molecule has 2 heterocycles. The molecular formula is C20H26N4O3. The van der Waals surface area contributed by atoms with Crippen LogP contribution in [0.2, 0.25) is 0 Å². The van der Waals surface area contributed by atoms with Gasteiger partial charge in [-0.2, -0.15) is 5.10 Å². The molecule has 1 aromatic carbocycles. The van der Waals surface area contributed by atoms with Crippen molar-refractivity contribution in [2.75, 3.05) is 33.8 Å². The fourth-order valence-electron chi connectivity index (χ4n) is 3.60. The molecule has 3 rings (SSSR count). The highest BCUT2D eigenvalue weighted by Crippen LogP contribution is 2.30. The van der Waals surface area contributed by atoms with Crippen molar-refractivity contribution in [3.63, 3.8) is 0 Å². The Hall–Kier alpha value is -2.83. The normalized spacial score (nSPS) is 19.6. The van der Waals surface area contributed by atoms with E-state index in [4.69, 9.17) is 4.74 Å². The number of benzene rings is 1. The zero-order valence-electron chi connectivity index (χ0n) is 16.1. The number of rotatable bonds is 5. The van der Waals surface area contributed by atoms with E-state index in [0.29, 0.717) is 25.3 Å². The SMILES string of the molecule is Cc1ccccc1OCC(=O)N1CCCC(C(=O)N(C)C)(n2cccn2)C1. The van der Waals surface area contributed by atoms with Gasteiger partial charge in [0.25, 0.3) is 11.8 Å². The van der Waals surface area contributed by atoms with E-state index in [9.17, 15) is 9.59 Å². The molecule has 1 aliphatic rings. The number of amides is 2. The number of likely N-dealkylation sites (tertiary alicyclic amines) is 1. The summed E-state index contributed by atoms with van der Waals surface area (Å²) in [6, 6.07) is 9.40. The summed E-state index contributed by atoms with van der Waals surface area (Å²) < 4.78 is 7.40. The monoisotopic (exact) mass is 370 g/mol. The minimum atomic E-state index is -0.871. The third-order valence-electron chi connectivity index (χ3n) is 5.02. The molecule has 1 unspecified atom stereocenters. The molecule has 144 valence electrons. The molecule has 2 aromatic rings. The molecule has 0 radical (unpaired) electrons. The van der Waals surface area contributed by atoms with Crippen LogP contribution in [0.3, 0.4) is 0 Å². The summed E-state index contributed by atoms with van der Waals surface area (Å²) in [5.74, 6) is 0.523. The quantitative estimate of drug-likeness (QED) is 0.803. The first-order valence-corrected chi connectivity index (χ1v) is 9.12. The van der Waals surface area contributed by atoms with Gasteiger partial charge in [0.1, 0.15) is 5.75 Å². The Bertz CT molecular complexity index is 803. The second kappa shape index (κ2) is 7.82. The van der Waals surface area contributed by atoms with Crippen LogP contribution in [0.4, 0.5) is 0 Å². The molecule has 7 nitrogen and oxygen atoms in total. The van der Waals surface area contributed by atoms with Crippen molar-refractivity contribution in [1.29, 1.82) is 0 Å². The Kier molecular flexibility index (Phi) is 5.48. The summed E-state index contributed by atoms with van der Waals surface area (Å²) in [7, 11) is 3.46. The standard InChI is InChI=1S/C20H26N4O3/c1-16-8-4-5-9-17(16)27-14-18(25)23-12-6-10-20(15-23,19(26)22(2)3)24-13-7-11-21-24/h4-5,7-9,11,13H,6,10,12,14-15H2,1-3H3. The first kappa shape index (κ1) is 18.9. The first-order chi connectivity index (χ1) is 12.9.